The zero-order chi connectivity index (χ0) is 14.7. The number of nitrogens with one attached hydrogen (secondary N) is 1. The topological polar surface area (TPSA) is 93.8 Å². The largest absolute Gasteiger partial charge is 0.328 e. The van der Waals surface area contributed by atoms with Crippen LogP contribution in [-0.2, 0) is 4.79 Å². The molecule has 1 amide bonds. The Hall–Kier alpha value is -2.48. The van der Waals surface area contributed by atoms with E-state index < -0.39 is 0 Å². The van der Waals surface area contributed by atoms with Crippen molar-refractivity contribution in [2.24, 2.45) is 0 Å². The van der Waals surface area contributed by atoms with Crippen LogP contribution >= 0.6 is 11.8 Å². The quantitative estimate of drug-likeness (QED) is 0.582. The van der Waals surface area contributed by atoms with Crippen LogP contribution in [0.15, 0.2) is 40.1 Å². The first-order valence-corrected chi connectivity index (χ1v) is 7.13. The zero-order valence-corrected chi connectivity index (χ0v) is 11.9. The molecule has 8 heteroatoms. The third-order valence-corrected chi connectivity index (χ3v) is 3.63. The molecule has 0 spiro atoms. The van der Waals surface area contributed by atoms with Gasteiger partial charge in [-0.25, -0.2) is 9.97 Å². The van der Waals surface area contributed by atoms with Crippen molar-refractivity contribution in [1.82, 2.24) is 20.1 Å². The van der Waals surface area contributed by atoms with Crippen molar-refractivity contribution in [2.45, 2.75) is 11.9 Å². The van der Waals surface area contributed by atoms with E-state index in [0.717, 1.165) is 15.9 Å². The van der Waals surface area contributed by atoms with Crippen LogP contribution < -0.4 is 5.32 Å². The molecule has 0 aliphatic carbocycles. The third kappa shape index (κ3) is 3.16. The molecule has 0 unspecified atom stereocenters. The second-order valence-corrected chi connectivity index (χ2v) is 5.14. The lowest BCUT2D eigenvalue weighted by Crippen LogP contribution is -2.14. The average Bonchev–Trinajstić information content (AvgIpc) is 2.90. The Kier molecular flexibility index (Phi) is 3.78. The monoisotopic (exact) mass is 301 g/mol. The first-order chi connectivity index (χ1) is 10.2. The number of amides is 1. The van der Waals surface area contributed by atoms with E-state index in [1.807, 2.05) is 24.3 Å². The second-order valence-electron chi connectivity index (χ2n) is 4.18. The molecule has 0 saturated heterocycles. The van der Waals surface area contributed by atoms with Crippen molar-refractivity contribution in [1.29, 1.82) is 0 Å². The van der Waals surface area contributed by atoms with Gasteiger partial charge >= 0.3 is 6.01 Å². The molecule has 0 atom stereocenters. The van der Waals surface area contributed by atoms with Crippen molar-refractivity contribution >= 4 is 34.6 Å². The van der Waals surface area contributed by atoms with E-state index in [4.69, 9.17) is 4.52 Å². The highest BCUT2D eigenvalue weighted by atomic mass is 32.2. The van der Waals surface area contributed by atoms with Gasteiger partial charge in [0.1, 0.15) is 11.4 Å². The van der Waals surface area contributed by atoms with E-state index in [1.54, 1.807) is 6.92 Å². The molecule has 0 aliphatic rings. The first-order valence-electron chi connectivity index (χ1n) is 6.15. The molecule has 0 radical (unpaired) electrons. The van der Waals surface area contributed by atoms with Crippen molar-refractivity contribution < 1.29 is 9.32 Å². The predicted octanol–water partition coefficient (Wildman–Crippen LogP) is 2.05. The number of thioether (sulfide) groups is 1. The molecule has 1 N–H and O–H groups in total. The fraction of sp³-hybridized carbons (Fsp3) is 0.154. The molecule has 0 bridgehead atoms. The number of anilines is 1. The first kappa shape index (κ1) is 13.5. The maximum Gasteiger partial charge on any atom is 0.328 e. The van der Waals surface area contributed by atoms with E-state index in [2.05, 4.69) is 25.4 Å². The number of aromatic nitrogens is 4. The summed E-state index contributed by atoms with van der Waals surface area (Å²) in [6.07, 6.45) is 1.49. The molecular weight excluding hydrogens is 290 g/mol. The minimum atomic E-state index is -0.230. The molecule has 3 rings (SSSR count). The van der Waals surface area contributed by atoms with Crippen LogP contribution in [0.3, 0.4) is 0 Å². The number of para-hydroxylation sites is 1. The number of carbonyl (C=O) groups is 1. The van der Waals surface area contributed by atoms with Crippen LogP contribution in [0.5, 0.6) is 0 Å². The van der Waals surface area contributed by atoms with E-state index in [9.17, 15) is 4.79 Å². The number of nitrogens with zero attached hydrogens (tertiary/aromatic N) is 4. The summed E-state index contributed by atoms with van der Waals surface area (Å²) >= 11 is 1.33. The Balaban J connectivity index is 1.67. The summed E-state index contributed by atoms with van der Waals surface area (Å²) in [5.74, 6) is 0.439. The predicted molar refractivity (Wildman–Crippen MR) is 77.9 cm³/mol. The number of benzene rings is 1. The normalized spacial score (nSPS) is 10.7. The van der Waals surface area contributed by atoms with Gasteiger partial charge in [-0.15, -0.1) is 0 Å². The van der Waals surface area contributed by atoms with Gasteiger partial charge in [-0.1, -0.05) is 35.1 Å². The summed E-state index contributed by atoms with van der Waals surface area (Å²) in [6.45, 7) is 1.68. The standard InChI is InChI=1S/C13H11N5O2S/c1-8-16-13(20-18-8)17-11(19)6-21-12-9-4-2-3-5-10(9)14-7-15-12/h2-5,7H,6H2,1H3,(H,16,17,18,19). The lowest BCUT2D eigenvalue weighted by atomic mass is 10.2. The molecule has 0 fully saturated rings. The SMILES string of the molecule is Cc1noc(NC(=O)CSc2ncnc3ccccc23)n1. The van der Waals surface area contributed by atoms with Crippen molar-refractivity contribution in [3.63, 3.8) is 0 Å². The Morgan fingerprint density at radius 2 is 2.19 bits per heavy atom. The number of fused-ring (bicyclic) bond motifs is 1. The van der Waals surface area contributed by atoms with Gasteiger partial charge in [0.2, 0.25) is 5.91 Å². The van der Waals surface area contributed by atoms with Gasteiger partial charge in [0.15, 0.2) is 5.82 Å². The van der Waals surface area contributed by atoms with Crippen molar-refractivity contribution in [3.8, 4) is 0 Å². The summed E-state index contributed by atoms with van der Waals surface area (Å²) in [4.78, 5) is 24.1. The lowest BCUT2D eigenvalue weighted by molar-refractivity contribution is -0.114. The molecule has 7 nitrogen and oxygen atoms in total. The average molecular weight is 301 g/mol. The van der Waals surface area contributed by atoms with Crippen LogP contribution in [-0.4, -0.2) is 31.8 Å². The molecule has 0 aliphatic heterocycles. The van der Waals surface area contributed by atoms with Gasteiger partial charge in [0.05, 0.1) is 11.3 Å². The van der Waals surface area contributed by atoms with Crippen LogP contribution in [0.2, 0.25) is 0 Å². The van der Waals surface area contributed by atoms with E-state index >= 15 is 0 Å². The molecule has 1 aromatic carbocycles. The summed E-state index contributed by atoms with van der Waals surface area (Å²) in [5.41, 5.74) is 0.850. The van der Waals surface area contributed by atoms with E-state index in [1.165, 1.54) is 18.1 Å². The summed E-state index contributed by atoms with van der Waals surface area (Å²) < 4.78 is 4.83. The fourth-order valence-corrected chi connectivity index (χ4v) is 2.52. The number of aryl methyl sites for hydroxylation is 1. The van der Waals surface area contributed by atoms with E-state index in [-0.39, 0.29) is 17.7 Å². The number of hydrogen-bond acceptors (Lipinski definition) is 7. The van der Waals surface area contributed by atoms with Crippen LogP contribution in [0, 0.1) is 6.92 Å². The van der Waals surface area contributed by atoms with Crippen LogP contribution in [0.25, 0.3) is 10.9 Å². The van der Waals surface area contributed by atoms with Crippen molar-refractivity contribution in [2.75, 3.05) is 11.1 Å². The minimum absolute atomic E-state index is 0.102. The highest BCUT2D eigenvalue weighted by Gasteiger charge is 2.10. The Labute approximate surface area is 124 Å². The van der Waals surface area contributed by atoms with Crippen LogP contribution in [0.1, 0.15) is 5.82 Å². The molecular formula is C13H11N5O2S. The molecule has 3 aromatic rings. The lowest BCUT2D eigenvalue weighted by Gasteiger charge is -2.03. The van der Waals surface area contributed by atoms with Gasteiger partial charge < -0.3 is 4.52 Å². The zero-order valence-electron chi connectivity index (χ0n) is 11.1. The van der Waals surface area contributed by atoms with Gasteiger partial charge in [0, 0.05) is 5.39 Å². The maximum absolute atomic E-state index is 11.8. The van der Waals surface area contributed by atoms with Crippen LogP contribution in [0.4, 0.5) is 6.01 Å². The van der Waals surface area contributed by atoms with E-state index in [0.29, 0.717) is 5.82 Å². The second kappa shape index (κ2) is 5.88. The molecule has 0 saturated carbocycles. The van der Waals surface area contributed by atoms with Gasteiger partial charge in [-0.3, -0.25) is 10.1 Å². The smallest absolute Gasteiger partial charge is 0.315 e. The summed E-state index contributed by atoms with van der Waals surface area (Å²) in [6, 6.07) is 7.76. The molecule has 106 valence electrons. The summed E-state index contributed by atoms with van der Waals surface area (Å²) in [7, 11) is 0. The third-order valence-electron chi connectivity index (χ3n) is 2.62. The minimum Gasteiger partial charge on any atom is -0.315 e. The van der Waals surface area contributed by atoms with Gasteiger partial charge in [-0.2, -0.15) is 4.98 Å². The Bertz CT molecular complexity index is 784. The molecule has 2 heterocycles. The number of hydrogen-bond donors (Lipinski definition) is 1. The Morgan fingerprint density at radius 1 is 1.33 bits per heavy atom. The van der Waals surface area contributed by atoms with Gasteiger partial charge in [0.25, 0.3) is 0 Å². The highest BCUT2D eigenvalue weighted by Crippen LogP contribution is 2.24. The summed E-state index contributed by atoms with van der Waals surface area (Å²) in [5, 5.41) is 7.82. The Morgan fingerprint density at radius 3 is 3.00 bits per heavy atom. The molecule has 2 aromatic heterocycles. The highest BCUT2D eigenvalue weighted by molar-refractivity contribution is 8.00. The maximum atomic E-state index is 11.8. The van der Waals surface area contributed by atoms with Gasteiger partial charge in [-0.05, 0) is 13.0 Å². The fourth-order valence-electron chi connectivity index (χ4n) is 1.73. The van der Waals surface area contributed by atoms with Crippen molar-refractivity contribution in [3.05, 3.63) is 36.4 Å². The molecule has 21 heavy (non-hydrogen) atoms. The number of rotatable bonds is 4. The number of carbonyl (C=O) groups excluding carboxylic acids is 1.